The van der Waals surface area contributed by atoms with Gasteiger partial charge in [0.15, 0.2) is 0 Å². The largest absolute Gasteiger partial charge is 0.495 e. The Kier molecular flexibility index (Phi) is 10.1. The summed E-state index contributed by atoms with van der Waals surface area (Å²) in [5.41, 5.74) is 1.25. The average molecular weight is 628 g/mol. The Hall–Kier alpha value is -3.55. The van der Waals surface area contributed by atoms with Crippen LogP contribution in [-0.2, 0) is 16.6 Å². The topological polar surface area (TPSA) is 142 Å². The molecule has 3 aromatic rings. The number of nitrogens with two attached hydrogens (primary N) is 1. The second-order valence-electron chi connectivity index (χ2n) is 10.2. The number of ether oxygens (including phenoxy) is 1. The van der Waals surface area contributed by atoms with Crippen molar-refractivity contribution in [1.29, 1.82) is 0 Å². The fourth-order valence-corrected chi connectivity index (χ4v) is 5.51. The van der Waals surface area contributed by atoms with Gasteiger partial charge in [0, 0.05) is 36.8 Å². The van der Waals surface area contributed by atoms with Crippen LogP contribution < -0.4 is 20.5 Å². The quantitative estimate of drug-likeness (QED) is 0.171. The van der Waals surface area contributed by atoms with Crippen molar-refractivity contribution in [3.05, 3.63) is 48.2 Å². The number of anilines is 2. The second-order valence-corrected chi connectivity index (χ2v) is 11.7. The van der Waals surface area contributed by atoms with Crippen molar-refractivity contribution in [2.45, 2.75) is 42.4 Å². The van der Waals surface area contributed by atoms with E-state index >= 15 is 4.39 Å². The van der Waals surface area contributed by atoms with Crippen molar-refractivity contribution in [1.82, 2.24) is 9.47 Å². The van der Waals surface area contributed by atoms with Gasteiger partial charge >= 0.3 is 6.18 Å². The number of alkyl halides is 4. The van der Waals surface area contributed by atoms with Crippen LogP contribution in [0.5, 0.6) is 5.75 Å². The third kappa shape index (κ3) is 8.30. The standard InChI is InChI=1S/C28H33F4N5O5S/c1-42-27-13-20(43(33,40)41)7-8-25(27)34-10-3-4-18-12-21-23(5-2-6-26(21)37(18)17-28(30,31)32)35-24-9-11-36(15-22(24)29)14-19(39)16-38/h2,5-8,12-13,19,22,24,34-35,38-39H,9-11,14-17H2,1H3,(H2,33,40,41)/t19-,22+,24-/m1/s1. The first-order valence-electron chi connectivity index (χ1n) is 13.3. The lowest BCUT2D eigenvalue weighted by atomic mass is 10.0. The van der Waals surface area contributed by atoms with Crippen molar-refractivity contribution in [2.75, 3.05) is 50.5 Å². The van der Waals surface area contributed by atoms with Gasteiger partial charge in [0.25, 0.3) is 0 Å². The van der Waals surface area contributed by atoms with Crippen LogP contribution in [0.25, 0.3) is 10.9 Å². The number of β-amino-alcohol motifs (C(OH)–C–C–N with tert-alkyl or cyclic N) is 1. The third-order valence-electron chi connectivity index (χ3n) is 7.01. The highest BCUT2D eigenvalue weighted by atomic mass is 32.2. The summed E-state index contributed by atoms with van der Waals surface area (Å²) in [6.45, 7) is -1.05. The normalized spacial score (nSPS) is 18.6. The molecule has 1 fully saturated rings. The lowest BCUT2D eigenvalue weighted by Gasteiger charge is -2.36. The molecule has 2 aromatic carbocycles. The Bertz CT molecular complexity index is 1600. The number of nitrogens with one attached hydrogen (secondary N) is 2. The number of rotatable bonds is 10. The average Bonchev–Trinajstić information content (AvgIpc) is 3.28. The van der Waals surface area contributed by atoms with Gasteiger partial charge in [0.1, 0.15) is 18.5 Å². The molecule has 0 aliphatic carbocycles. The summed E-state index contributed by atoms with van der Waals surface area (Å²) >= 11 is 0. The van der Waals surface area contributed by atoms with Gasteiger partial charge in [-0.05, 0) is 42.7 Å². The van der Waals surface area contributed by atoms with E-state index in [2.05, 4.69) is 22.5 Å². The fraction of sp³-hybridized carbons (Fsp3) is 0.429. The molecule has 0 radical (unpaired) electrons. The molecule has 3 atom stereocenters. The molecule has 0 saturated carbocycles. The second kappa shape index (κ2) is 13.4. The summed E-state index contributed by atoms with van der Waals surface area (Å²) in [5, 5.41) is 30.4. The van der Waals surface area contributed by atoms with Gasteiger partial charge in [-0.2, -0.15) is 13.2 Å². The van der Waals surface area contributed by atoms with E-state index in [9.17, 15) is 26.7 Å². The zero-order valence-electron chi connectivity index (χ0n) is 23.2. The van der Waals surface area contributed by atoms with Crippen molar-refractivity contribution in [3.8, 4) is 17.6 Å². The summed E-state index contributed by atoms with van der Waals surface area (Å²) in [6, 6.07) is 9.69. The number of aromatic nitrogens is 1. The van der Waals surface area contributed by atoms with Crippen LogP contribution in [0.15, 0.2) is 47.4 Å². The number of likely N-dealkylation sites (tertiary alicyclic amines) is 1. The number of halogens is 4. The SMILES string of the molecule is COc1cc(S(N)(=O)=O)ccc1NCC#Cc1cc2c(N[C@@H]3CCN(C[C@@H](O)CO)C[C@@H]3F)cccc2n1CC(F)(F)F. The van der Waals surface area contributed by atoms with Crippen LogP contribution in [-0.4, -0.2) is 92.5 Å². The molecule has 1 saturated heterocycles. The third-order valence-corrected chi connectivity index (χ3v) is 7.93. The molecule has 2 heterocycles. The number of benzene rings is 2. The first-order valence-corrected chi connectivity index (χ1v) is 14.9. The van der Waals surface area contributed by atoms with Crippen molar-refractivity contribution in [3.63, 3.8) is 0 Å². The first kappa shape index (κ1) is 32.4. The molecule has 1 aliphatic rings. The summed E-state index contributed by atoms with van der Waals surface area (Å²) in [7, 11) is -2.60. The molecule has 1 aromatic heterocycles. The zero-order valence-corrected chi connectivity index (χ0v) is 24.1. The van der Waals surface area contributed by atoms with Crippen molar-refractivity contribution >= 4 is 32.3 Å². The Morgan fingerprint density at radius 2 is 1.98 bits per heavy atom. The van der Waals surface area contributed by atoms with Gasteiger partial charge in [-0.3, -0.25) is 4.90 Å². The molecule has 0 bridgehead atoms. The number of methoxy groups -OCH3 is 1. The van der Waals surface area contributed by atoms with Gasteiger partial charge in [-0.1, -0.05) is 12.0 Å². The van der Waals surface area contributed by atoms with Crippen LogP contribution in [0.2, 0.25) is 0 Å². The predicted molar refractivity (Wildman–Crippen MR) is 154 cm³/mol. The minimum atomic E-state index is -4.53. The molecule has 0 spiro atoms. The molecule has 0 unspecified atom stereocenters. The van der Waals surface area contributed by atoms with E-state index in [0.29, 0.717) is 29.7 Å². The monoisotopic (exact) mass is 627 g/mol. The molecule has 10 nitrogen and oxygen atoms in total. The molecule has 234 valence electrons. The Morgan fingerprint density at radius 1 is 1.21 bits per heavy atom. The summed E-state index contributed by atoms with van der Waals surface area (Å²) < 4.78 is 85.2. The number of piperidine rings is 1. The fourth-order valence-electron chi connectivity index (χ4n) is 4.98. The van der Waals surface area contributed by atoms with E-state index in [1.807, 2.05) is 0 Å². The minimum Gasteiger partial charge on any atom is -0.495 e. The van der Waals surface area contributed by atoms with E-state index in [4.69, 9.17) is 15.0 Å². The van der Waals surface area contributed by atoms with E-state index in [0.717, 1.165) is 4.57 Å². The highest BCUT2D eigenvalue weighted by Gasteiger charge is 2.32. The van der Waals surface area contributed by atoms with Crippen LogP contribution >= 0.6 is 0 Å². The highest BCUT2D eigenvalue weighted by molar-refractivity contribution is 7.89. The number of hydrogen-bond acceptors (Lipinski definition) is 8. The van der Waals surface area contributed by atoms with Gasteiger partial charge in [-0.25, -0.2) is 17.9 Å². The summed E-state index contributed by atoms with van der Waals surface area (Å²) in [4.78, 5) is 1.57. The molecule has 0 amide bonds. The van der Waals surface area contributed by atoms with E-state index < -0.39 is 47.7 Å². The number of sulfonamides is 1. The Morgan fingerprint density at radius 3 is 2.63 bits per heavy atom. The molecule has 1 aliphatic heterocycles. The van der Waals surface area contributed by atoms with Gasteiger partial charge < -0.3 is 30.2 Å². The Labute approximate surface area is 246 Å². The van der Waals surface area contributed by atoms with Gasteiger partial charge in [0.2, 0.25) is 10.0 Å². The summed E-state index contributed by atoms with van der Waals surface area (Å²) in [6.07, 6.45) is -6.42. The van der Waals surface area contributed by atoms with Crippen molar-refractivity contribution in [2.24, 2.45) is 5.14 Å². The number of hydrogen-bond donors (Lipinski definition) is 5. The molecule has 6 N–H and O–H groups in total. The van der Waals surface area contributed by atoms with Crippen LogP contribution in [0.3, 0.4) is 0 Å². The number of aliphatic hydroxyl groups excluding tert-OH is 2. The van der Waals surface area contributed by atoms with E-state index in [1.54, 1.807) is 23.1 Å². The highest BCUT2D eigenvalue weighted by Crippen LogP contribution is 2.32. The maximum atomic E-state index is 15.0. The Balaban J connectivity index is 1.56. The predicted octanol–water partition coefficient (Wildman–Crippen LogP) is 2.50. The van der Waals surface area contributed by atoms with Crippen LogP contribution in [0, 0.1) is 11.8 Å². The van der Waals surface area contributed by atoms with Crippen LogP contribution in [0.4, 0.5) is 28.9 Å². The number of aliphatic hydroxyl groups is 2. The maximum absolute atomic E-state index is 15.0. The molecular weight excluding hydrogens is 594 g/mol. The maximum Gasteiger partial charge on any atom is 0.406 e. The number of fused-ring (bicyclic) bond motifs is 1. The van der Waals surface area contributed by atoms with Crippen molar-refractivity contribution < 1.29 is 40.9 Å². The molecular formula is C28H33F4N5O5S. The van der Waals surface area contributed by atoms with Crippen LogP contribution in [0.1, 0.15) is 12.1 Å². The van der Waals surface area contributed by atoms with E-state index in [-0.39, 0.29) is 41.5 Å². The van der Waals surface area contributed by atoms with Gasteiger partial charge in [-0.15, -0.1) is 0 Å². The van der Waals surface area contributed by atoms with Gasteiger partial charge in [0.05, 0.1) is 54.2 Å². The molecule has 43 heavy (non-hydrogen) atoms. The number of nitrogens with zero attached hydrogens (tertiary/aromatic N) is 2. The molecule has 4 rings (SSSR count). The first-order chi connectivity index (χ1) is 20.3. The van der Waals surface area contributed by atoms with E-state index in [1.165, 1.54) is 31.4 Å². The summed E-state index contributed by atoms with van der Waals surface area (Å²) in [5.74, 6) is 5.76. The molecule has 15 heteroatoms. The minimum absolute atomic E-state index is 0.00316. The lowest BCUT2D eigenvalue weighted by Crippen LogP contribution is -2.50. The lowest BCUT2D eigenvalue weighted by molar-refractivity contribution is -0.140. The smallest absolute Gasteiger partial charge is 0.406 e. The zero-order chi connectivity index (χ0) is 31.4. The number of primary sulfonamides is 1.